The molecule has 0 radical (unpaired) electrons. The summed E-state index contributed by atoms with van der Waals surface area (Å²) in [7, 11) is 0. The molecule has 0 aromatic heterocycles. The smallest absolute Gasteiger partial charge is 0.133 e. The van der Waals surface area contributed by atoms with E-state index in [0.29, 0.717) is 11.6 Å². The summed E-state index contributed by atoms with van der Waals surface area (Å²) in [4.78, 5) is 2.68. The molecule has 2 aliphatic rings. The minimum atomic E-state index is -0.534. The van der Waals surface area contributed by atoms with Crippen molar-refractivity contribution in [2.24, 2.45) is 0 Å². The third-order valence-electron chi connectivity index (χ3n) is 5.11. The van der Waals surface area contributed by atoms with Crippen LogP contribution in [0.4, 0.5) is 8.78 Å². The second-order valence-corrected chi connectivity index (χ2v) is 6.91. The van der Waals surface area contributed by atoms with Crippen LogP contribution >= 0.6 is 0 Å². The molecule has 0 bridgehead atoms. The van der Waals surface area contributed by atoms with Gasteiger partial charge in [0.1, 0.15) is 11.6 Å². The van der Waals surface area contributed by atoms with Crippen LogP contribution in [0.15, 0.2) is 23.8 Å². The molecule has 1 N–H and O–H groups in total. The van der Waals surface area contributed by atoms with E-state index in [-0.39, 0.29) is 0 Å². The molecule has 1 heterocycles. The first-order chi connectivity index (χ1) is 11.1. The van der Waals surface area contributed by atoms with Gasteiger partial charge in [-0.1, -0.05) is 18.1 Å². The van der Waals surface area contributed by atoms with Gasteiger partial charge in [0, 0.05) is 36.8 Å². The lowest BCUT2D eigenvalue weighted by Crippen LogP contribution is -2.47. The number of hydrogen-bond donors (Lipinski definition) is 1. The van der Waals surface area contributed by atoms with Gasteiger partial charge in [-0.15, -0.1) is 0 Å². The Morgan fingerprint density at radius 1 is 1.26 bits per heavy atom. The quantitative estimate of drug-likeness (QED) is 0.853. The number of halogens is 2. The Hall–Kier alpha value is -1.26. The maximum atomic E-state index is 13.7. The summed E-state index contributed by atoms with van der Waals surface area (Å²) in [5.74, 6) is -1.04. The summed E-state index contributed by atoms with van der Waals surface area (Å²) in [6, 6.07) is 5.18. The van der Waals surface area contributed by atoms with Gasteiger partial charge in [0.2, 0.25) is 0 Å². The van der Waals surface area contributed by atoms with Crippen molar-refractivity contribution in [2.75, 3.05) is 19.6 Å². The summed E-state index contributed by atoms with van der Waals surface area (Å²) >= 11 is 0. The van der Waals surface area contributed by atoms with Gasteiger partial charge in [-0.25, -0.2) is 8.78 Å². The van der Waals surface area contributed by atoms with E-state index < -0.39 is 11.6 Å². The number of benzene rings is 1. The maximum absolute atomic E-state index is 13.7. The van der Waals surface area contributed by atoms with Crippen molar-refractivity contribution < 1.29 is 8.78 Å². The summed E-state index contributed by atoms with van der Waals surface area (Å²) < 4.78 is 26.6. The van der Waals surface area contributed by atoms with Crippen molar-refractivity contribution in [3.63, 3.8) is 0 Å². The maximum Gasteiger partial charge on any atom is 0.133 e. The van der Waals surface area contributed by atoms with Gasteiger partial charge in [-0.05, 0) is 51.3 Å². The average molecular weight is 320 g/mol. The standard InChI is InChI=1S/C19H26F2N2/c1-14(10-15-7-8-16(20)11-19(15)21)12-22-13-18-6-3-9-23(18)17-4-2-5-17/h7-8,10-11,17-18,22H,2-6,9,12-13H2,1H3/b14-10+/t18-/m0/s1. The van der Waals surface area contributed by atoms with Crippen LogP contribution in [-0.4, -0.2) is 36.6 Å². The van der Waals surface area contributed by atoms with Crippen LogP contribution in [0.1, 0.15) is 44.6 Å². The zero-order valence-corrected chi connectivity index (χ0v) is 13.8. The third kappa shape index (κ3) is 4.18. The molecule has 1 saturated heterocycles. The van der Waals surface area contributed by atoms with Crippen molar-refractivity contribution in [1.29, 1.82) is 0 Å². The van der Waals surface area contributed by atoms with E-state index in [4.69, 9.17) is 0 Å². The Bertz CT molecular complexity index is 566. The van der Waals surface area contributed by atoms with Crippen molar-refractivity contribution in [3.8, 4) is 0 Å². The van der Waals surface area contributed by atoms with Gasteiger partial charge in [-0.3, -0.25) is 4.90 Å². The van der Waals surface area contributed by atoms with E-state index in [1.807, 2.05) is 6.92 Å². The van der Waals surface area contributed by atoms with Crippen molar-refractivity contribution in [2.45, 2.75) is 51.1 Å². The number of likely N-dealkylation sites (tertiary alicyclic amines) is 1. The van der Waals surface area contributed by atoms with E-state index in [9.17, 15) is 8.78 Å². The predicted molar refractivity (Wildman–Crippen MR) is 90.2 cm³/mol. The van der Waals surface area contributed by atoms with Gasteiger partial charge in [0.15, 0.2) is 0 Å². The number of nitrogens with one attached hydrogen (secondary N) is 1. The molecule has 0 spiro atoms. The zero-order valence-electron chi connectivity index (χ0n) is 13.8. The van der Waals surface area contributed by atoms with Gasteiger partial charge < -0.3 is 5.32 Å². The van der Waals surface area contributed by atoms with Crippen molar-refractivity contribution in [1.82, 2.24) is 10.2 Å². The molecular formula is C19H26F2N2. The van der Waals surface area contributed by atoms with E-state index in [0.717, 1.165) is 30.8 Å². The monoisotopic (exact) mass is 320 g/mol. The Balaban J connectivity index is 1.48. The Morgan fingerprint density at radius 3 is 2.78 bits per heavy atom. The van der Waals surface area contributed by atoms with E-state index in [1.165, 1.54) is 50.8 Å². The van der Waals surface area contributed by atoms with Crippen LogP contribution < -0.4 is 5.32 Å². The normalized spacial score (nSPS) is 23.3. The minimum Gasteiger partial charge on any atom is -0.311 e. The lowest BCUT2D eigenvalue weighted by Gasteiger charge is -2.38. The molecule has 1 aliphatic heterocycles. The van der Waals surface area contributed by atoms with Crippen molar-refractivity contribution in [3.05, 3.63) is 41.0 Å². The largest absolute Gasteiger partial charge is 0.311 e. The van der Waals surface area contributed by atoms with E-state index in [1.54, 1.807) is 6.08 Å². The first kappa shape index (κ1) is 16.6. The third-order valence-corrected chi connectivity index (χ3v) is 5.11. The second kappa shape index (κ2) is 7.54. The first-order valence-corrected chi connectivity index (χ1v) is 8.72. The van der Waals surface area contributed by atoms with Crippen LogP contribution in [0.25, 0.3) is 6.08 Å². The summed E-state index contributed by atoms with van der Waals surface area (Å²) in [5.41, 5.74) is 1.51. The van der Waals surface area contributed by atoms with E-state index in [2.05, 4.69) is 10.2 Å². The van der Waals surface area contributed by atoms with E-state index >= 15 is 0 Å². The van der Waals surface area contributed by atoms with Gasteiger partial charge in [-0.2, -0.15) is 0 Å². The molecule has 0 unspecified atom stereocenters. The highest BCUT2D eigenvalue weighted by molar-refractivity contribution is 5.53. The molecule has 126 valence electrons. The molecule has 1 atom stereocenters. The molecule has 1 aliphatic carbocycles. The predicted octanol–water partition coefficient (Wildman–Crippen LogP) is 3.97. The molecule has 1 aromatic carbocycles. The molecule has 1 aromatic rings. The fraction of sp³-hybridized carbons (Fsp3) is 0.579. The number of rotatable bonds is 6. The Labute approximate surface area is 137 Å². The molecule has 2 fully saturated rings. The molecule has 1 saturated carbocycles. The molecule has 3 rings (SSSR count). The van der Waals surface area contributed by atoms with Gasteiger partial charge in [0.05, 0.1) is 0 Å². The van der Waals surface area contributed by atoms with Crippen LogP contribution in [0.3, 0.4) is 0 Å². The molecule has 0 amide bonds. The highest BCUT2D eigenvalue weighted by Gasteiger charge is 2.33. The summed E-state index contributed by atoms with van der Waals surface area (Å²) in [5, 5.41) is 3.50. The number of hydrogen-bond acceptors (Lipinski definition) is 2. The second-order valence-electron chi connectivity index (χ2n) is 6.91. The van der Waals surface area contributed by atoms with Crippen LogP contribution in [0.5, 0.6) is 0 Å². The van der Waals surface area contributed by atoms with Gasteiger partial charge in [0.25, 0.3) is 0 Å². The first-order valence-electron chi connectivity index (χ1n) is 8.72. The fourth-order valence-electron chi connectivity index (χ4n) is 3.65. The van der Waals surface area contributed by atoms with Crippen LogP contribution in [0, 0.1) is 11.6 Å². The summed E-state index contributed by atoms with van der Waals surface area (Å²) in [6.07, 6.45) is 8.47. The lowest BCUT2D eigenvalue weighted by molar-refractivity contribution is 0.113. The molecule has 23 heavy (non-hydrogen) atoms. The topological polar surface area (TPSA) is 15.3 Å². The average Bonchev–Trinajstić information content (AvgIpc) is 2.88. The van der Waals surface area contributed by atoms with Crippen LogP contribution in [0.2, 0.25) is 0 Å². The van der Waals surface area contributed by atoms with Gasteiger partial charge >= 0.3 is 0 Å². The Kier molecular flexibility index (Phi) is 5.44. The highest BCUT2D eigenvalue weighted by atomic mass is 19.1. The molecular weight excluding hydrogens is 294 g/mol. The minimum absolute atomic E-state index is 0.447. The van der Waals surface area contributed by atoms with Crippen LogP contribution in [-0.2, 0) is 0 Å². The zero-order chi connectivity index (χ0) is 16.2. The lowest BCUT2D eigenvalue weighted by atomic mass is 9.91. The SMILES string of the molecule is C/C(=C\c1ccc(F)cc1F)CNC[C@@H]1CCCN1C1CCC1. The molecule has 2 nitrogen and oxygen atoms in total. The highest BCUT2D eigenvalue weighted by Crippen LogP contribution is 2.31. The Morgan fingerprint density at radius 2 is 2.09 bits per heavy atom. The fourth-order valence-corrected chi connectivity index (χ4v) is 3.65. The van der Waals surface area contributed by atoms with Crippen molar-refractivity contribution >= 4 is 6.08 Å². The molecule has 4 heteroatoms. The number of nitrogens with zero attached hydrogens (tertiary/aromatic N) is 1. The summed E-state index contributed by atoms with van der Waals surface area (Å²) in [6.45, 7) is 4.96.